The summed E-state index contributed by atoms with van der Waals surface area (Å²) < 4.78 is 15.2. The van der Waals surface area contributed by atoms with Gasteiger partial charge >= 0.3 is 0 Å². The zero-order valence-corrected chi connectivity index (χ0v) is 14.2. The van der Waals surface area contributed by atoms with Gasteiger partial charge in [0.05, 0.1) is 18.8 Å². The summed E-state index contributed by atoms with van der Waals surface area (Å²) in [7, 11) is 1.77. The summed E-state index contributed by atoms with van der Waals surface area (Å²) in [6.45, 7) is 4.66. The number of benzene rings is 1. The highest BCUT2D eigenvalue weighted by Crippen LogP contribution is 2.24. The molecule has 24 heavy (non-hydrogen) atoms. The number of aromatic nitrogens is 2. The number of rotatable bonds is 7. The first-order valence-corrected chi connectivity index (χ1v) is 7.74. The molecule has 0 aliphatic carbocycles. The Morgan fingerprint density at radius 3 is 2.75 bits per heavy atom. The normalized spacial score (nSPS) is 12.6. The zero-order chi connectivity index (χ0) is 17.9. The van der Waals surface area contributed by atoms with Crippen LogP contribution in [0.4, 0.5) is 4.39 Å². The minimum absolute atomic E-state index is 0.00441. The van der Waals surface area contributed by atoms with Gasteiger partial charge in [-0.25, -0.2) is 4.39 Å². The van der Waals surface area contributed by atoms with Crippen molar-refractivity contribution < 1.29 is 14.3 Å². The van der Waals surface area contributed by atoms with Gasteiger partial charge in [-0.1, -0.05) is 12.1 Å². The third-order valence-electron chi connectivity index (χ3n) is 4.13. The number of carbonyl (C=O) groups excluding carboxylic acids is 1. The molecule has 0 saturated carbocycles. The summed E-state index contributed by atoms with van der Waals surface area (Å²) in [5.74, 6) is -0.948. The number of primary amides is 1. The molecule has 1 amide bonds. The third-order valence-corrected chi connectivity index (χ3v) is 4.13. The van der Waals surface area contributed by atoms with Crippen LogP contribution in [0.5, 0.6) is 0 Å². The van der Waals surface area contributed by atoms with Crippen LogP contribution in [0.3, 0.4) is 0 Å². The van der Waals surface area contributed by atoms with Gasteiger partial charge in [0, 0.05) is 17.8 Å². The van der Waals surface area contributed by atoms with Crippen LogP contribution < -0.4 is 5.73 Å². The summed E-state index contributed by atoms with van der Waals surface area (Å²) in [6.07, 6.45) is 0. The fraction of sp³-hybridized carbons (Fsp3) is 0.412. The summed E-state index contributed by atoms with van der Waals surface area (Å²) in [4.78, 5) is 13.7. The van der Waals surface area contributed by atoms with E-state index in [1.54, 1.807) is 28.8 Å². The number of nitrogens with zero attached hydrogens (tertiary/aromatic N) is 3. The first-order valence-electron chi connectivity index (χ1n) is 7.74. The van der Waals surface area contributed by atoms with Crippen LogP contribution >= 0.6 is 0 Å². The molecule has 130 valence electrons. The monoisotopic (exact) mass is 334 g/mol. The first kappa shape index (κ1) is 18.1. The minimum Gasteiger partial charge on any atom is -0.394 e. The molecule has 6 nitrogen and oxygen atoms in total. The van der Waals surface area contributed by atoms with Crippen LogP contribution in [0.15, 0.2) is 24.3 Å². The van der Waals surface area contributed by atoms with E-state index >= 15 is 0 Å². The van der Waals surface area contributed by atoms with E-state index < -0.39 is 17.8 Å². The quantitative estimate of drug-likeness (QED) is 0.799. The number of aryl methyl sites for hydroxylation is 1. The molecule has 1 atom stereocenters. The predicted octanol–water partition coefficient (Wildman–Crippen LogP) is 1.29. The Balaban J connectivity index is 2.29. The molecule has 0 saturated heterocycles. The summed E-state index contributed by atoms with van der Waals surface area (Å²) >= 11 is 0. The average Bonchev–Trinajstić information content (AvgIpc) is 2.75. The Labute approximate surface area is 140 Å². The molecule has 0 aliphatic heterocycles. The number of hydrogen-bond donors (Lipinski definition) is 2. The van der Waals surface area contributed by atoms with Gasteiger partial charge in [0.1, 0.15) is 11.9 Å². The number of nitrogens with two attached hydrogens (primary N) is 1. The molecule has 1 unspecified atom stereocenters. The second kappa shape index (κ2) is 7.55. The maximum atomic E-state index is 13.5. The highest BCUT2D eigenvalue weighted by atomic mass is 19.1. The standard InChI is InChI=1S/C17H23FN4O2/c1-11-15(12(2)22(20-11)7-8-23)10-21(3)16(17(19)24)13-5-4-6-14(18)9-13/h4-6,9,16,23H,7-8,10H2,1-3H3,(H2,19,24). The van der Waals surface area contributed by atoms with E-state index in [0.29, 0.717) is 18.7 Å². The van der Waals surface area contributed by atoms with Gasteiger partial charge in [-0.15, -0.1) is 0 Å². The molecule has 1 heterocycles. The van der Waals surface area contributed by atoms with Crippen LogP contribution in [0.1, 0.15) is 28.6 Å². The second-order valence-electron chi connectivity index (χ2n) is 5.87. The van der Waals surface area contributed by atoms with Crippen molar-refractivity contribution in [3.63, 3.8) is 0 Å². The third kappa shape index (κ3) is 3.80. The fourth-order valence-electron chi connectivity index (χ4n) is 2.93. The number of hydrogen-bond acceptors (Lipinski definition) is 4. The van der Waals surface area contributed by atoms with E-state index in [4.69, 9.17) is 10.8 Å². The summed E-state index contributed by atoms with van der Waals surface area (Å²) in [5.41, 5.74) is 8.78. The molecular weight excluding hydrogens is 311 g/mol. The van der Waals surface area contributed by atoms with Crippen LogP contribution in [0, 0.1) is 19.7 Å². The number of amides is 1. The van der Waals surface area contributed by atoms with Crippen molar-refractivity contribution in [3.05, 3.63) is 52.6 Å². The Morgan fingerprint density at radius 1 is 1.46 bits per heavy atom. The van der Waals surface area contributed by atoms with Gasteiger partial charge in [0.2, 0.25) is 5.91 Å². The van der Waals surface area contributed by atoms with E-state index in [9.17, 15) is 9.18 Å². The molecule has 2 aromatic rings. The lowest BCUT2D eigenvalue weighted by atomic mass is 10.0. The second-order valence-corrected chi connectivity index (χ2v) is 5.87. The maximum absolute atomic E-state index is 13.5. The molecular formula is C17H23FN4O2. The number of halogens is 1. The average molecular weight is 334 g/mol. The predicted molar refractivity (Wildman–Crippen MR) is 88.6 cm³/mol. The number of aliphatic hydroxyl groups is 1. The Kier molecular flexibility index (Phi) is 5.69. The van der Waals surface area contributed by atoms with Crippen molar-refractivity contribution in [1.29, 1.82) is 0 Å². The number of carbonyl (C=O) groups is 1. The van der Waals surface area contributed by atoms with E-state index in [1.807, 2.05) is 13.8 Å². The van der Waals surface area contributed by atoms with Crippen LogP contribution in [0.2, 0.25) is 0 Å². The first-order chi connectivity index (χ1) is 11.3. The molecule has 2 rings (SSSR count). The van der Waals surface area contributed by atoms with Gasteiger partial charge < -0.3 is 10.8 Å². The lowest BCUT2D eigenvalue weighted by Gasteiger charge is -2.26. The largest absolute Gasteiger partial charge is 0.394 e. The maximum Gasteiger partial charge on any atom is 0.239 e. The Hall–Kier alpha value is -2.25. The summed E-state index contributed by atoms with van der Waals surface area (Å²) in [6, 6.07) is 5.16. The molecule has 1 aromatic carbocycles. The smallest absolute Gasteiger partial charge is 0.239 e. The number of aliphatic hydroxyl groups excluding tert-OH is 1. The Morgan fingerprint density at radius 2 is 2.17 bits per heavy atom. The fourth-order valence-corrected chi connectivity index (χ4v) is 2.93. The van der Waals surface area contributed by atoms with E-state index in [-0.39, 0.29) is 6.61 Å². The minimum atomic E-state index is -0.735. The lowest BCUT2D eigenvalue weighted by Crippen LogP contribution is -2.35. The van der Waals surface area contributed by atoms with Crippen molar-refractivity contribution in [2.75, 3.05) is 13.7 Å². The van der Waals surface area contributed by atoms with Crippen molar-refractivity contribution in [3.8, 4) is 0 Å². The molecule has 0 aliphatic rings. The van der Waals surface area contributed by atoms with Crippen LogP contribution in [-0.4, -0.2) is 39.3 Å². The summed E-state index contributed by atoms with van der Waals surface area (Å²) in [5, 5.41) is 13.5. The topological polar surface area (TPSA) is 84.4 Å². The molecule has 7 heteroatoms. The van der Waals surface area contributed by atoms with Gasteiger partial charge in [0.15, 0.2) is 0 Å². The van der Waals surface area contributed by atoms with Crippen molar-refractivity contribution in [2.45, 2.75) is 33.0 Å². The van der Waals surface area contributed by atoms with Gasteiger partial charge in [-0.05, 0) is 38.6 Å². The number of likely N-dealkylation sites (N-methyl/N-ethyl adjacent to an activating group) is 1. The SMILES string of the molecule is Cc1nn(CCO)c(C)c1CN(C)C(C(N)=O)c1cccc(F)c1. The van der Waals surface area contributed by atoms with Gasteiger partial charge in [-0.3, -0.25) is 14.4 Å². The highest BCUT2D eigenvalue weighted by molar-refractivity contribution is 5.81. The van der Waals surface area contributed by atoms with E-state index in [0.717, 1.165) is 17.0 Å². The van der Waals surface area contributed by atoms with Gasteiger partial charge in [0.25, 0.3) is 0 Å². The van der Waals surface area contributed by atoms with Crippen molar-refractivity contribution >= 4 is 5.91 Å². The highest BCUT2D eigenvalue weighted by Gasteiger charge is 2.25. The molecule has 0 fully saturated rings. The molecule has 1 aromatic heterocycles. The van der Waals surface area contributed by atoms with Crippen LogP contribution in [0.25, 0.3) is 0 Å². The molecule has 0 radical (unpaired) electrons. The van der Waals surface area contributed by atoms with E-state index in [1.165, 1.54) is 12.1 Å². The van der Waals surface area contributed by atoms with Crippen molar-refractivity contribution in [1.82, 2.24) is 14.7 Å². The zero-order valence-electron chi connectivity index (χ0n) is 14.2. The lowest BCUT2D eigenvalue weighted by molar-refractivity contribution is -0.123. The van der Waals surface area contributed by atoms with Crippen molar-refractivity contribution in [2.24, 2.45) is 5.73 Å². The molecule has 0 bridgehead atoms. The Bertz CT molecular complexity index is 729. The van der Waals surface area contributed by atoms with E-state index in [2.05, 4.69) is 5.10 Å². The molecule has 0 spiro atoms. The van der Waals surface area contributed by atoms with Crippen LogP contribution in [-0.2, 0) is 17.9 Å². The molecule has 3 N–H and O–H groups in total. The van der Waals surface area contributed by atoms with Gasteiger partial charge in [-0.2, -0.15) is 5.10 Å².